The Bertz CT molecular complexity index is 1290. The summed E-state index contributed by atoms with van der Waals surface area (Å²) in [6, 6.07) is 3.67. The van der Waals surface area contributed by atoms with E-state index in [0.29, 0.717) is 34.6 Å². The number of hydrogen-bond donors (Lipinski definition) is 1. The molecule has 0 aliphatic carbocycles. The van der Waals surface area contributed by atoms with Gasteiger partial charge in [0.15, 0.2) is 5.65 Å². The van der Waals surface area contributed by atoms with Gasteiger partial charge in [0.1, 0.15) is 17.3 Å². The fourth-order valence-electron chi connectivity index (χ4n) is 4.11. The van der Waals surface area contributed by atoms with Gasteiger partial charge in [0.25, 0.3) is 5.69 Å². The molecule has 1 aromatic carbocycles. The van der Waals surface area contributed by atoms with Crippen molar-refractivity contribution in [2.75, 3.05) is 50.6 Å². The summed E-state index contributed by atoms with van der Waals surface area (Å²) in [6.45, 7) is 6.54. The zero-order valence-corrected chi connectivity index (χ0v) is 20.3. The summed E-state index contributed by atoms with van der Waals surface area (Å²) in [4.78, 5) is 28.2. The van der Waals surface area contributed by atoms with Crippen molar-refractivity contribution in [3.8, 4) is 5.88 Å². The molecule has 3 aromatic rings. The Morgan fingerprint density at radius 3 is 2.42 bits per heavy atom. The van der Waals surface area contributed by atoms with Gasteiger partial charge in [-0.3, -0.25) is 10.1 Å². The molecule has 2 aromatic heterocycles. The Hall–Kier alpha value is -3.74. The average molecular weight is 506 g/mol. The van der Waals surface area contributed by atoms with Crippen molar-refractivity contribution < 1.29 is 22.8 Å². The quantitative estimate of drug-likeness (QED) is 0.389. The van der Waals surface area contributed by atoms with Crippen molar-refractivity contribution in [3.63, 3.8) is 0 Å². The lowest BCUT2D eigenvalue weighted by Gasteiger charge is -2.34. The number of halogens is 3. The number of ether oxygens (including phenoxy) is 1. The first-order valence-corrected chi connectivity index (χ1v) is 11.3. The van der Waals surface area contributed by atoms with E-state index in [2.05, 4.69) is 30.1 Å². The number of fused-ring (bicyclic) bond motifs is 1. The molecule has 1 fully saturated rings. The number of aryl methyl sites for hydroxylation is 1. The summed E-state index contributed by atoms with van der Waals surface area (Å²) >= 11 is 0. The molecule has 1 saturated heterocycles. The molecule has 1 N–H and O–H groups in total. The molecule has 10 nitrogen and oxygen atoms in total. The van der Waals surface area contributed by atoms with E-state index in [1.807, 2.05) is 13.1 Å². The predicted molar refractivity (Wildman–Crippen MR) is 128 cm³/mol. The maximum Gasteiger partial charge on any atom is 0.416 e. The Balaban J connectivity index is 1.76. The molecular weight excluding hydrogens is 479 g/mol. The van der Waals surface area contributed by atoms with Gasteiger partial charge in [-0.25, -0.2) is 9.97 Å². The maximum absolute atomic E-state index is 13.4. The molecule has 0 amide bonds. The topological polar surface area (TPSA) is 110 Å². The van der Waals surface area contributed by atoms with Gasteiger partial charge in [-0.1, -0.05) is 0 Å². The summed E-state index contributed by atoms with van der Waals surface area (Å²) in [5.41, 5.74) is -0.506. The Labute approximate surface area is 205 Å². The maximum atomic E-state index is 13.4. The predicted octanol–water partition coefficient (Wildman–Crippen LogP) is 4.19. The van der Waals surface area contributed by atoms with Crippen molar-refractivity contribution in [2.24, 2.45) is 0 Å². The van der Waals surface area contributed by atoms with E-state index in [4.69, 9.17) is 4.74 Å². The summed E-state index contributed by atoms with van der Waals surface area (Å²) in [7, 11) is 3.58. The number of non-ortho nitro benzene ring substituents is 1. The third kappa shape index (κ3) is 5.25. The molecule has 1 atom stereocenters. The number of nitrogens with one attached hydrogen (secondary N) is 1. The molecule has 0 spiro atoms. The van der Waals surface area contributed by atoms with Crippen LogP contribution in [-0.4, -0.2) is 65.1 Å². The highest BCUT2D eigenvalue weighted by atomic mass is 19.4. The number of anilines is 2. The Morgan fingerprint density at radius 2 is 1.81 bits per heavy atom. The number of piperazine rings is 1. The lowest BCUT2D eigenvalue weighted by molar-refractivity contribution is -0.385. The van der Waals surface area contributed by atoms with Crippen LogP contribution < -0.4 is 15.0 Å². The first kappa shape index (κ1) is 25.4. The highest BCUT2D eigenvalue weighted by Gasteiger charge is 2.33. The minimum atomic E-state index is -4.73. The van der Waals surface area contributed by atoms with Gasteiger partial charge in [-0.05, 0) is 38.6 Å². The zero-order valence-electron chi connectivity index (χ0n) is 20.3. The number of methoxy groups -OCH3 is 1. The van der Waals surface area contributed by atoms with E-state index in [1.165, 1.54) is 7.11 Å². The Kier molecular flexibility index (Phi) is 6.85. The van der Waals surface area contributed by atoms with Crippen LogP contribution in [0.1, 0.15) is 29.9 Å². The standard InChI is InChI=1S/C23H26F3N7O3/c1-13(15-9-16(23(24,25)26)11-17(10-15)33(34)35)27-20-18-12-19(32-7-5-31(3)6-8-32)22(36-4)30-21(18)29-14(2)28-20/h9-13H,5-8H2,1-4H3,(H,27,28,29,30). The number of nitro groups is 1. The molecule has 36 heavy (non-hydrogen) atoms. The second-order valence-corrected chi connectivity index (χ2v) is 8.73. The van der Waals surface area contributed by atoms with Crippen LogP contribution in [0.5, 0.6) is 5.88 Å². The summed E-state index contributed by atoms with van der Waals surface area (Å²) < 4.78 is 45.7. The van der Waals surface area contributed by atoms with Crippen LogP contribution in [0.2, 0.25) is 0 Å². The number of hydrogen-bond acceptors (Lipinski definition) is 9. The van der Waals surface area contributed by atoms with Crippen LogP contribution in [-0.2, 0) is 6.18 Å². The average Bonchev–Trinajstić information content (AvgIpc) is 2.82. The molecule has 0 saturated carbocycles. The number of benzene rings is 1. The Morgan fingerprint density at radius 1 is 1.11 bits per heavy atom. The number of pyridine rings is 1. The fraction of sp³-hybridized carbons (Fsp3) is 0.435. The van der Waals surface area contributed by atoms with E-state index in [9.17, 15) is 23.3 Å². The van der Waals surface area contributed by atoms with Crippen LogP contribution >= 0.6 is 0 Å². The molecule has 13 heteroatoms. The van der Waals surface area contributed by atoms with E-state index < -0.39 is 28.4 Å². The molecule has 0 radical (unpaired) electrons. The molecule has 4 rings (SSSR count). The summed E-state index contributed by atoms with van der Waals surface area (Å²) in [6.07, 6.45) is -4.73. The zero-order chi connectivity index (χ0) is 26.2. The molecule has 0 bridgehead atoms. The minimum Gasteiger partial charge on any atom is -0.479 e. The molecule has 1 aliphatic heterocycles. The minimum absolute atomic E-state index is 0.0988. The van der Waals surface area contributed by atoms with Crippen molar-refractivity contribution >= 4 is 28.2 Å². The van der Waals surface area contributed by atoms with Gasteiger partial charge in [0.2, 0.25) is 5.88 Å². The van der Waals surface area contributed by atoms with Gasteiger partial charge in [-0.15, -0.1) is 0 Å². The van der Waals surface area contributed by atoms with Gasteiger partial charge in [0.05, 0.1) is 29.0 Å². The van der Waals surface area contributed by atoms with Crippen LogP contribution in [0.15, 0.2) is 24.3 Å². The van der Waals surface area contributed by atoms with Gasteiger partial charge in [-0.2, -0.15) is 18.2 Å². The molecule has 3 heterocycles. The number of alkyl halides is 3. The first-order valence-electron chi connectivity index (χ1n) is 11.3. The fourth-order valence-corrected chi connectivity index (χ4v) is 4.11. The summed E-state index contributed by atoms with van der Waals surface area (Å²) in [5.74, 6) is 1.17. The number of nitrogens with zero attached hydrogens (tertiary/aromatic N) is 6. The number of rotatable bonds is 6. The van der Waals surface area contributed by atoms with Crippen molar-refractivity contribution in [1.29, 1.82) is 0 Å². The van der Waals surface area contributed by atoms with Gasteiger partial charge in [0, 0.05) is 38.3 Å². The SMILES string of the molecule is COc1nc2nc(C)nc(NC(C)c3cc([N+](=O)[O-])cc(C(F)(F)F)c3)c2cc1N1CCN(C)CC1. The second-order valence-electron chi connectivity index (χ2n) is 8.73. The van der Waals surface area contributed by atoms with Crippen LogP contribution in [0.25, 0.3) is 11.0 Å². The monoisotopic (exact) mass is 505 g/mol. The van der Waals surface area contributed by atoms with Crippen molar-refractivity contribution in [2.45, 2.75) is 26.1 Å². The molecular formula is C23H26F3N7O3. The van der Waals surface area contributed by atoms with Gasteiger partial charge >= 0.3 is 6.18 Å². The third-order valence-corrected chi connectivity index (χ3v) is 6.11. The third-order valence-electron chi connectivity index (χ3n) is 6.11. The van der Waals surface area contributed by atoms with E-state index >= 15 is 0 Å². The first-order chi connectivity index (χ1) is 17.0. The smallest absolute Gasteiger partial charge is 0.416 e. The van der Waals surface area contributed by atoms with Crippen LogP contribution in [0.4, 0.5) is 30.4 Å². The van der Waals surface area contributed by atoms with Crippen LogP contribution in [0.3, 0.4) is 0 Å². The van der Waals surface area contributed by atoms with Crippen molar-refractivity contribution in [1.82, 2.24) is 19.9 Å². The second kappa shape index (κ2) is 9.72. The van der Waals surface area contributed by atoms with E-state index in [1.54, 1.807) is 13.8 Å². The van der Waals surface area contributed by atoms with Crippen LogP contribution in [0, 0.1) is 17.0 Å². The highest BCUT2D eigenvalue weighted by Crippen LogP contribution is 2.36. The summed E-state index contributed by atoms with van der Waals surface area (Å²) in [5, 5.41) is 14.9. The van der Waals surface area contributed by atoms with E-state index in [-0.39, 0.29) is 5.56 Å². The van der Waals surface area contributed by atoms with E-state index in [0.717, 1.165) is 44.0 Å². The number of nitro benzene ring substituents is 1. The van der Waals surface area contributed by atoms with Crippen molar-refractivity contribution in [3.05, 3.63) is 51.3 Å². The molecule has 1 aliphatic rings. The molecule has 192 valence electrons. The van der Waals surface area contributed by atoms with Gasteiger partial charge < -0.3 is 19.9 Å². The molecule has 1 unspecified atom stereocenters. The largest absolute Gasteiger partial charge is 0.479 e. The highest BCUT2D eigenvalue weighted by molar-refractivity contribution is 5.90. The lowest BCUT2D eigenvalue weighted by Crippen LogP contribution is -2.44. The normalized spacial score (nSPS) is 15.7. The lowest BCUT2D eigenvalue weighted by atomic mass is 10.0. The number of likely N-dealkylation sites (N-methyl/N-ethyl adjacent to an activating group) is 1. The number of aromatic nitrogens is 3.